The molecule has 14 heteroatoms. The summed E-state index contributed by atoms with van der Waals surface area (Å²) in [5.41, 5.74) is -3.61. The van der Waals surface area contributed by atoms with Crippen LogP contribution in [0.2, 0.25) is 0 Å². The lowest BCUT2D eigenvalue weighted by atomic mass is 10.1. The Morgan fingerprint density at radius 2 is 1.71 bits per heavy atom. The Labute approximate surface area is 190 Å². The van der Waals surface area contributed by atoms with Gasteiger partial charge in [0.1, 0.15) is 17.8 Å². The fraction of sp³-hybridized carbons (Fsp3) is 0.0952. The van der Waals surface area contributed by atoms with Crippen LogP contribution in [0.5, 0.6) is 0 Å². The van der Waals surface area contributed by atoms with Crippen LogP contribution < -0.4 is 10.9 Å². The number of hydrogen-bond donors (Lipinski definition) is 2. The number of nitrogens with zero attached hydrogens (tertiary/aromatic N) is 5. The van der Waals surface area contributed by atoms with Crippen LogP contribution in [-0.2, 0) is 12.4 Å². The van der Waals surface area contributed by atoms with Crippen LogP contribution in [0, 0.1) is 0 Å². The first-order chi connectivity index (χ1) is 16.5. The van der Waals surface area contributed by atoms with Gasteiger partial charge in [0.05, 0.1) is 11.1 Å². The maximum Gasteiger partial charge on any atom is 0.434 e. The lowest BCUT2D eigenvalue weighted by molar-refractivity contribution is -0.142. The number of aromatic nitrogens is 6. The first-order valence-corrected chi connectivity index (χ1v) is 9.76. The van der Waals surface area contributed by atoms with Gasteiger partial charge >= 0.3 is 12.4 Å². The Morgan fingerprint density at radius 1 is 0.914 bits per heavy atom. The SMILES string of the molecule is O=c1[nH]ccc2c(-n3nc4ncnc(Nc5ccnc(C(F)(F)F)c5)c4c3C(F)(F)F)cccc12. The molecule has 0 aliphatic carbocycles. The topological polar surface area (TPSA) is 101 Å². The summed E-state index contributed by atoms with van der Waals surface area (Å²) in [6.45, 7) is 0. The number of nitrogens with one attached hydrogen (secondary N) is 2. The molecule has 35 heavy (non-hydrogen) atoms. The van der Waals surface area contributed by atoms with Crippen molar-refractivity contribution in [2.24, 2.45) is 0 Å². The lowest BCUT2D eigenvalue weighted by Crippen LogP contribution is -2.15. The Kier molecular flexibility index (Phi) is 4.96. The first-order valence-electron chi connectivity index (χ1n) is 9.76. The number of alkyl halides is 6. The molecule has 0 saturated carbocycles. The average Bonchev–Trinajstić information content (AvgIpc) is 3.20. The van der Waals surface area contributed by atoms with Gasteiger partial charge in [-0.2, -0.15) is 26.3 Å². The van der Waals surface area contributed by atoms with E-state index in [0.29, 0.717) is 10.7 Å². The summed E-state index contributed by atoms with van der Waals surface area (Å²) in [5.74, 6) is -0.411. The second-order valence-corrected chi connectivity index (χ2v) is 7.28. The van der Waals surface area contributed by atoms with Gasteiger partial charge in [-0.05, 0) is 30.3 Å². The zero-order valence-electron chi connectivity index (χ0n) is 17.1. The smallest absolute Gasteiger partial charge is 0.339 e. The predicted molar refractivity (Wildman–Crippen MR) is 112 cm³/mol. The van der Waals surface area contributed by atoms with Crippen molar-refractivity contribution in [3.8, 4) is 5.69 Å². The minimum atomic E-state index is -4.98. The van der Waals surface area contributed by atoms with Gasteiger partial charge in [-0.25, -0.2) is 14.6 Å². The summed E-state index contributed by atoms with van der Waals surface area (Å²) < 4.78 is 82.7. The van der Waals surface area contributed by atoms with Crippen molar-refractivity contribution < 1.29 is 26.3 Å². The summed E-state index contributed by atoms with van der Waals surface area (Å²) in [6, 6.07) is 7.42. The van der Waals surface area contributed by atoms with Gasteiger partial charge in [0.2, 0.25) is 0 Å². The number of rotatable bonds is 3. The molecule has 2 N–H and O–H groups in total. The number of benzene rings is 1. The van der Waals surface area contributed by atoms with E-state index in [2.05, 4.69) is 30.4 Å². The Balaban J connectivity index is 1.75. The molecule has 0 aliphatic rings. The van der Waals surface area contributed by atoms with Gasteiger partial charge in [0.25, 0.3) is 5.56 Å². The van der Waals surface area contributed by atoms with Crippen molar-refractivity contribution in [3.63, 3.8) is 0 Å². The normalized spacial score (nSPS) is 12.4. The number of pyridine rings is 2. The minimum absolute atomic E-state index is 0.0480. The van der Waals surface area contributed by atoms with Crippen LogP contribution >= 0.6 is 0 Å². The summed E-state index contributed by atoms with van der Waals surface area (Å²) in [7, 11) is 0. The molecule has 0 bridgehead atoms. The van der Waals surface area contributed by atoms with Crippen molar-refractivity contribution in [1.29, 1.82) is 0 Å². The number of aromatic amines is 1. The molecule has 5 rings (SSSR count). The first kappa shape index (κ1) is 22.3. The third-order valence-corrected chi connectivity index (χ3v) is 5.07. The maximum atomic E-state index is 14.3. The minimum Gasteiger partial charge on any atom is -0.339 e. The molecule has 4 aromatic heterocycles. The number of hydrogen-bond acceptors (Lipinski definition) is 6. The highest BCUT2D eigenvalue weighted by molar-refractivity contribution is 5.94. The number of anilines is 2. The number of fused-ring (bicyclic) bond motifs is 2. The Bertz CT molecular complexity index is 1640. The van der Waals surface area contributed by atoms with Gasteiger partial charge < -0.3 is 10.3 Å². The summed E-state index contributed by atoms with van der Waals surface area (Å²) in [6.07, 6.45) is -6.65. The highest BCUT2D eigenvalue weighted by atomic mass is 19.4. The lowest BCUT2D eigenvalue weighted by Gasteiger charge is -2.14. The van der Waals surface area contributed by atoms with E-state index < -0.39 is 40.5 Å². The van der Waals surface area contributed by atoms with Crippen molar-refractivity contribution in [2.45, 2.75) is 12.4 Å². The van der Waals surface area contributed by atoms with Crippen LogP contribution in [0.25, 0.3) is 27.5 Å². The van der Waals surface area contributed by atoms with E-state index in [9.17, 15) is 31.1 Å². The molecule has 0 amide bonds. The molecule has 0 unspecified atom stereocenters. The molecule has 0 aliphatic heterocycles. The standard InChI is InChI=1S/C21H11F6N7O/c22-20(23,24)14-8-10(4-6-28-14)32-17-15-16(21(25,26)27)34(33-18(15)31-9-30-17)13-3-1-2-12-11(13)5-7-29-19(12)35/h1-9H,(H,29,35)(H,28,30,31,32,33). The van der Waals surface area contributed by atoms with E-state index in [1.807, 2.05) is 0 Å². The van der Waals surface area contributed by atoms with Gasteiger partial charge in [0.15, 0.2) is 11.3 Å². The summed E-state index contributed by atoms with van der Waals surface area (Å²) in [5, 5.41) is 6.24. The van der Waals surface area contributed by atoms with E-state index in [1.54, 1.807) is 0 Å². The van der Waals surface area contributed by atoms with Crippen molar-refractivity contribution >= 4 is 33.3 Å². The van der Waals surface area contributed by atoms with Crippen LogP contribution in [0.15, 0.2) is 59.9 Å². The van der Waals surface area contributed by atoms with Gasteiger partial charge in [-0.1, -0.05) is 6.07 Å². The van der Waals surface area contributed by atoms with Crippen molar-refractivity contribution in [2.75, 3.05) is 5.32 Å². The second kappa shape index (κ2) is 7.78. The molecule has 1 aromatic carbocycles. The van der Waals surface area contributed by atoms with Crippen molar-refractivity contribution in [1.82, 2.24) is 29.7 Å². The molecule has 5 aromatic rings. The highest BCUT2D eigenvalue weighted by Gasteiger charge is 2.40. The highest BCUT2D eigenvalue weighted by Crippen LogP contribution is 2.40. The van der Waals surface area contributed by atoms with Crippen LogP contribution in [0.4, 0.5) is 37.8 Å². The molecular formula is C21H11F6N7O. The summed E-state index contributed by atoms with van der Waals surface area (Å²) in [4.78, 5) is 25.5. The average molecular weight is 491 g/mol. The molecule has 4 heterocycles. The third-order valence-electron chi connectivity index (χ3n) is 5.07. The Hall–Kier alpha value is -4.49. The zero-order chi connectivity index (χ0) is 25.0. The molecule has 0 spiro atoms. The van der Waals surface area contributed by atoms with Gasteiger partial charge in [-0.3, -0.25) is 9.78 Å². The van der Waals surface area contributed by atoms with E-state index in [0.717, 1.165) is 18.6 Å². The summed E-state index contributed by atoms with van der Waals surface area (Å²) >= 11 is 0. The molecule has 0 atom stereocenters. The fourth-order valence-electron chi connectivity index (χ4n) is 3.64. The second-order valence-electron chi connectivity index (χ2n) is 7.28. The van der Waals surface area contributed by atoms with E-state index in [1.165, 1.54) is 30.5 Å². The molecule has 8 nitrogen and oxygen atoms in total. The Morgan fingerprint density at radius 3 is 2.46 bits per heavy atom. The van der Waals surface area contributed by atoms with Gasteiger partial charge in [0, 0.05) is 28.9 Å². The van der Waals surface area contributed by atoms with E-state index >= 15 is 0 Å². The molecule has 0 saturated heterocycles. The molecule has 0 radical (unpaired) electrons. The zero-order valence-corrected chi connectivity index (χ0v) is 17.1. The molecule has 0 fully saturated rings. The number of halogens is 6. The molecule has 178 valence electrons. The van der Waals surface area contributed by atoms with Crippen LogP contribution in [0.1, 0.15) is 11.4 Å². The largest absolute Gasteiger partial charge is 0.434 e. The van der Waals surface area contributed by atoms with Crippen molar-refractivity contribution in [3.05, 3.63) is 76.9 Å². The quantitative estimate of drug-likeness (QED) is 0.351. The monoisotopic (exact) mass is 491 g/mol. The van der Waals surface area contributed by atoms with Crippen LogP contribution in [0.3, 0.4) is 0 Å². The van der Waals surface area contributed by atoms with E-state index in [-0.39, 0.29) is 27.8 Å². The third kappa shape index (κ3) is 3.92. The van der Waals surface area contributed by atoms with Gasteiger partial charge in [-0.15, -0.1) is 5.10 Å². The maximum absolute atomic E-state index is 14.3. The fourth-order valence-corrected chi connectivity index (χ4v) is 3.64. The predicted octanol–water partition coefficient (Wildman–Crippen LogP) is 4.83. The number of H-pyrrole nitrogens is 1. The van der Waals surface area contributed by atoms with Crippen LogP contribution in [-0.4, -0.2) is 29.7 Å². The molecular weight excluding hydrogens is 480 g/mol. The van der Waals surface area contributed by atoms with E-state index in [4.69, 9.17) is 0 Å².